The summed E-state index contributed by atoms with van der Waals surface area (Å²) >= 11 is 9.19. The van der Waals surface area contributed by atoms with Crippen LogP contribution in [0.1, 0.15) is 26.3 Å². The maximum absolute atomic E-state index is 10.2. The SMILES string of the molecule is Cc1cc(C(O)c2sccc2Cl)c(C)s1. The monoisotopic (exact) mass is 258 g/mol. The highest BCUT2D eigenvalue weighted by atomic mass is 35.5. The van der Waals surface area contributed by atoms with Crippen LogP contribution >= 0.6 is 34.3 Å². The van der Waals surface area contributed by atoms with E-state index in [0.29, 0.717) is 5.02 Å². The van der Waals surface area contributed by atoms with Gasteiger partial charge in [0.15, 0.2) is 0 Å². The minimum Gasteiger partial charge on any atom is -0.383 e. The molecule has 0 bridgehead atoms. The fourth-order valence-electron chi connectivity index (χ4n) is 1.56. The van der Waals surface area contributed by atoms with E-state index in [1.54, 1.807) is 11.3 Å². The third-order valence-corrected chi connectivity index (χ3v) is 4.66. The molecule has 2 rings (SSSR count). The third-order valence-electron chi connectivity index (χ3n) is 2.27. The van der Waals surface area contributed by atoms with Crippen LogP contribution in [0, 0.1) is 13.8 Å². The Morgan fingerprint density at radius 1 is 1.40 bits per heavy atom. The summed E-state index contributed by atoms with van der Waals surface area (Å²) in [6.07, 6.45) is -0.581. The van der Waals surface area contributed by atoms with E-state index in [2.05, 4.69) is 0 Å². The molecule has 1 unspecified atom stereocenters. The lowest BCUT2D eigenvalue weighted by Gasteiger charge is -2.08. The first-order chi connectivity index (χ1) is 7.09. The number of aryl methyl sites for hydroxylation is 2. The summed E-state index contributed by atoms with van der Waals surface area (Å²) in [4.78, 5) is 3.20. The molecule has 0 aliphatic heterocycles. The van der Waals surface area contributed by atoms with Gasteiger partial charge in [-0.1, -0.05) is 11.6 Å². The van der Waals surface area contributed by atoms with Gasteiger partial charge in [0, 0.05) is 9.75 Å². The van der Waals surface area contributed by atoms with Gasteiger partial charge in [0.25, 0.3) is 0 Å². The van der Waals surface area contributed by atoms with Gasteiger partial charge < -0.3 is 5.11 Å². The van der Waals surface area contributed by atoms with E-state index < -0.39 is 6.10 Å². The summed E-state index contributed by atoms with van der Waals surface area (Å²) in [6, 6.07) is 3.85. The number of hydrogen-bond donors (Lipinski definition) is 1. The summed E-state index contributed by atoms with van der Waals surface area (Å²) in [5, 5.41) is 12.7. The molecule has 2 aromatic rings. The second kappa shape index (κ2) is 4.26. The zero-order valence-electron chi connectivity index (χ0n) is 8.45. The average molecular weight is 259 g/mol. The first kappa shape index (κ1) is 11.1. The molecule has 0 aliphatic rings. The predicted octanol–water partition coefficient (Wildman–Crippen LogP) is 4.16. The van der Waals surface area contributed by atoms with Crippen LogP contribution in [0.2, 0.25) is 5.02 Å². The van der Waals surface area contributed by atoms with Crippen molar-refractivity contribution >= 4 is 34.3 Å². The van der Waals surface area contributed by atoms with Crippen LogP contribution in [-0.2, 0) is 0 Å². The molecule has 15 heavy (non-hydrogen) atoms. The molecule has 1 atom stereocenters. The Morgan fingerprint density at radius 3 is 2.60 bits per heavy atom. The van der Waals surface area contributed by atoms with Crippen LogP contribution in [0.3, 0.4) is 0 Å². The van der Waals surface area contributed by atoms with Crippen LogP contribution in [0.5, 0.6) is 0 Å². The topological polar surface area (TPSA) is 20.2 Å². The molecule has 80 valence electrons. The molecule has 0 saturated heterocycles. The first-order valence-corrected chi connectivity index (χ1v) is 6.65. The van der Waals surface area contributed by atoms with Crippen molar-refractivity contribution in [3.63, 3.8) is 0 Å². The van der Waals surface area contributed by atoms with E-state index in [-0.39, 0.29) is 0 Å². The van der Waals surface area contributed by atoms with Gasteiger partial charge in [0.2, 0.25) is 0 Å². The first-order valence-electron chi connectivity index (χ1n) is 4.57. The highest BCUT2D eigenvalue weighted by Crippen LogP contribution is 2.36. The molecule has 0 aliphatic carbocycles. The molecule has 2 heterocycles. The number of hydrogen-bond acceptors (Lipinski definition) is 3. The zero-order chi connectivity index (χ0) is 11.0. The van der Waals surface area contributed by atoms with Gasteiger partial charge in [-0.15, -0.1) is 22.7 Å². The Balaban J connectivity index is 2.40. The summed E-state index contributed by atoms with van der Waals surface area (Å²) in [7, 11) is 0. The molecule has 4 heteroatoms. The molecule has 1 nitrogen and oxygen atoms in total. The van der Waals surface area contributed by atoms with Gasteiger partial charge in [-0.3, -0.25) is 0 Å². The third kappa shape index (κ3) is 2.11. The van der Waals surface area contributed by atoms with Gasteiger partial charge in [0.05, 0.1) is 9.90 Å². The Labute approximate surface area is 102 Å². The van der Waals surface area contributed by atoms with Gasteiger partial charge in [0.1, 0.15) is 6.10 Å². The molecular formula is C11H11ClOS2. The zero-order valence-corrected chi connectivity index (χ0v) is 10.8. The molecule has 2 aromatic heterocycles. The van der Waals surface area contributed by atoms with E-state index in [1.807, 2.05) is 31.4 Å². The Bertz CT molecular complexity index is 473. The Kier molecular flexibility index (Phi) is 3.16. The summed E-state index contributed by atoms with van der Waals surface area (Å²) < 4.78 is 0. The van der Waals surface area contributed by atoms with E-state index in [1.165, 1.54) is 16.2 Å². The van der Waals surface area contributed by atoms with Crippen molar-refractivity contribution in [1.29, 1.82) is 0 Å². The van der Waals surface area contributed by atoms with Crippen molar-refractivity contribution in [3.8, 4) is 0 Å². The largest absolute Gasteiger partial charge is 0.383 e. The van der Waals surface area contributed by atoms with Crippen molar-refractivity contribution < 1.29 is 5.11 Å². The van der Waals surface area contributed by atoms with E-state index in [0.717, 1.165) is 15.3 Å². The Morgan fingerprint density at radius 2 is 2.13 bits per heavy atom. The number of rotatable bonds is 2. The number of thiophene rings is 2. The van der Waals surface area contributed by atoms with Crippen LogP contribution in [-0.4, -0.2) is 5.11 Å². The molecule has 0 amide bonds. The van der Waals surface area contributed by atoms with Crippen molar-refractivity contribution in [2.75, 3.05) is 0 Å². The van der Waals surface area contributed by atoms with Crippen LogP contribution in [0.15, 0.2) is 17.5 Å². The van der Waals surface area contributed by atoms with Gasteiger partial charge in [-0.05, 0) is 36.9 Å². The van der Waals surface area contributed by atoms with Crippen LogP contribution in [0.25, 0.3) is 0 Å². The van der Waals surface area contributed by atoms with Gasteiger partial charge >= 0.3 is 0 Å². The second-order valence-corrected chi connectivity index (χ2v) is 6.22. The van der Waals surface area contributed by atoms with E-state index in [4.69, 9.17) is 11.6 Å². The van der Waals surface area contributed by atoms with Crippen LogP contribution < -0.4 is 0 Å². The fraction of sp³-hybridized carbons (Fsp3) is 0.273. The lowest BCUT2D eigenvalue weighted by Crippen LogP contribution is -1.97. The smallest absolute Gasteiger partial charge is 0.116 e. The Hall–Kier alpha value is -0.350. The molecule has 0 aromatic carbocycles. The molecule has 0 spiro atoms. The normalized spacial score (nSPS) is 13.1. The summed E-state index contributed by atoms with van der Waals surface area (Å²) in [5.74, 6) is 0. The highest BCUT2D eigenvalue weighted by Gasteiger charge is 2.18. The lowest BCUT2D eigenvalue weighted by molar-refractivity contribution is 0.224. The van der Waals surface area contributed by atoms with Crippen LogP contribution in [0.4, 0.5) is 0 Å². The van der Waals surface area contributed by atoms with Crippen molar-refractivity contribution in [1.82, 2.24) is 0 Å². The number of aliphatic hydroxyl groups excluding tert-OH is 1. The van der Waals surface area contributed by atoms with Crippen molar-refractivity contribution in [3.05, 3.63) is 42.7 Å². The predicted molar refractivity (Wildman–Crippen MR) is 67.2 cm³/mol. The molecule has 0 saturated carbocycles. The molecule has 0 radical (unpaired) electrons. The summed E-state index contributed by atoms with van der Waals surface area (Å²) in [5.41, 5.74) is 0.974. The minimum atomic E-state index is -0.581. The number of aliphatic hydroxyl groups is 1. The van der Waals surface area contributed by atoms with Gasteiger partial charge in [-0.25, -0.2) is 0 Å². The standard InChI is InChI=1S/C11H11ClOS2/c1-6-5-8(7(2)15-6)10(13)11-9(12)3-4-14-11/h3-5,10,13H,1-2H3. The van der Waals surface area contributed by atoms with E-state index in [9.17, 15) is 5.11 Å². The average Bonchev–Trinajstić information content (AvgIpc) is 2.71. The minimum absolute atomic E-state index is 0.581. The molecular weight excluding hydrogens is 248 g/mol. The second-order valence-electron chi connectivity index (χ2n) is 3.40. The maximum atomic E-state index is 10.2. The van der Waals surface area contributed by atoms with Crippen molar-refractivity contribution in [2.24, 2.45) is 0 Å². The molecule has 1 N–H and O–H groups in total. The quantitative estimate of drug-likeness (QED) is 0.858. The fourth-order valence-corrected chi connectivity index (χ4v) is 3.68. The molecule has 0 fully saturated rings. The van der Waals surface area contributed by atoms with Gasteiger partial charge in [-0.2, -0.15) is 0 Å². The summed E-state index contributed by atoms with van der Waals surface area (Å²) in [6.45, 7) is 4.07. The highest BCUT2D eigenvalue weighted by molar-refractivity contribution is 7.12. The van der Waals surface area contributed by atoms with Crippen molar-refractivity contribution in [2.45, 2.75) is 20.0 Å². The lowest BCUT2D eigenvalue weighted by atomic mass is 10.1. The number of halogens is 1. The van der Waals surface area contributed by atoms with E-state index >= 15 is 0 Å². The maximum Gasteiger partial charge on any atom is 0.116 e.